The Bertz CT molecular complexity index is 368. The van der Waals surface area contributed by atoms with Gasteiger partial charge in [0.05, 0.1) is 5.69 Å². The second kappa shape index (κ2) is 5.14. The number of carbonyl (C=O) groups excluding carboxylic acids is 1. The fourth-order valence-electron chi connectivity index (χ4n) is 1.60. The molecule has 1 N–H and O–H groups in total. The quantitative estimate of drug-likeness (QED) is 0.846. The van der Waals surface area contributed by atoms with Gasteiger partial charge in [0.15, 0.2) is 0 Å². The highest BCUT2D eigenvalue weighted by atomic mass is 16.2. The first-order valence-corrected chi connectivity index (χ1v) is 5.72. The summed E-state index contributed by atoms with van der Waals surface area (Å²) in [5, 5.41) is 7.23. The lowest BCUT2D eigenvalue weighted by molar-refractivity contribution is -0.124. The van der Waals surface area contributed by atoms with Gasteiger partial charge in [0.1, 0.15) is 6.04 Å². The van der Waals surface area contributed by atoms with Crippen LogP contribution in [0.4, 0.5) is 0 Å². The molecule has 1 aromatic rings. The summed E-state index contributed by atoms with van der Waals surface area (Å²) in [7, 11) is 0. The fourth-order valence-corrected chi connectivity index (χ4v) is 1.60. The average molecular weight is 223 g/mol. The van der Waals surface area contributed by atoms with Crippen molar-refractivity contribution < 1.29 is 4.79 Å². The summed E-state index contributed by atoms with van der Waals surface area (Å²) in [5.41, 5.74) is 1.96. The van der Waals surface area contributed by atoms with E-state index in [9.17, 15) is 4.79 Å². The molecule has 1 aromatic heterocycles. The van der Waals surface area contributed by atoms with Crippen molar-refractivity contribution in [2.75, 3.05) is 6.54 Å². The van der Waals surface area contributed by atoms with Crippen molar-refractivity contribution >= 4 is 5.91 Å². The van der Waals surface area contributed by atoms with Crippen molar-refractivity contribution in [3.8, 4) is 0 Å². The van der Waals surface area contributed by atoms with Gasteiger partial charge in [0.25, 0.3) is 0 Å². The minimum Gasteiger partial charge on any atom is -0.354 e. The molecule has 0 saturated heterocycles. The highest BCUT2D eigenvalue weighted by Gasteiger charge is 2.17. The molecule has 0 aromatic carbocycles. The van der Waals surface area contributed by atoms with E-state index in [1.807, 2.05) is 26.8 Å². The molecule has 4 heteroatoms. The number of aromatic nitrogens is 2. The monoisotopic (exact) mass is 223 g/mol. The van der Waals surface area contributed by atoms with Crippen molar-refractivity contribution in [3.63, 3.8) is 0 Å². The Morgan fingerprint density at radius 1 is 1.44 bits per heavy atom. The van der Waals surface area contributed by atoms with Crippen molar-refractivity contribution in [1.29, 1.82) is 0 Å². The maximum absolute atomic E-state index is 11.8. The molecule has 0 aliphatic heterocycles. The van der Waals surface area contributed by atoms with Crippen molar-refractivity contribution in [1.82, 2.24) is 15.1 Å². The van der Waals surface area contributed by atoms with E-state index < -0.39 is 0 Å². The van der Waals surface area contributed by atoms with Crippen molar-refractivity contribution in [2.45, 2.75) is 40.7 Å². The standard InChI is InChI=1S/C12H21N3O/c1-8(2)7-13-12(16)11(5)15-10(4)6-9(3)14-15/h6,8,11H,7H2,1-5H3,(H,13,16). The number of nitrogens with one attached hydrogen (secondary N) is 1. The molecular weight excluding hydrogens is 202 g/mol. The topological polar surface area (TPSA) is 46.9 Å². The molecule has 1 heterocycles. The van der Waals surface area contributed by atoms with E-state index in [4.69, 9.17) is 0 Å². The minimum atomic E-state index is -0.243. The number of rotatable bonds is 4. The first-order valence-electron chi connectivity index (χ1n) is 5.72. The zero-order chi connectivity index (χ0) is 12.3. The van der Waals surface area contributed by atoms with Crippen LogP contribution in [0, 0.1) is 19.8 Å². The summed E-state index contributed by atoms with van der Waals surface area (Å²) in [6.07, 6.45) is 0. The SMILES string of the molecule is Cc1cc(C)n(C(C)C(=O)NCC(C)C)n1. The number of nitrogens with zero attached hydrogens (tertiary/aromatic N) is 2. The molecule has 1 amide bonds. The summed E-state index contributed by atoms with van der Waals surface area (Å²) in [6, 6.07) is 1.74. The predicted octanol–water partition coefficient (Wildman–Crippen LogP) is 1.83. The van der Waals surface area contributed by atoms with Gasteiger partial charge in [-0.25, -0.2) is 0 Å². The number of hydrogen-bond acceptors (Lipinski definition) is 2. The third kappa shape index (κ3) is 3.08. The van der Waals surface area contributed by atoms with Gasteiger partial charge >= 0.3 is 0 Å². The molecule has 4 nitrogen and oxygen atoms in total. The second-order valence-electron chi connectivity index (χ2n) is 4.69. The highest BCUT2D eigenvalue weighted by Crippen LogP contribution is 2.10. The molecule has 0 radical (unpaired) electrons. The van der Waals surface area contributed by atoms with Crippen LogP contribution in [0.5, 0.6) is 0 Å². The molecule has 1 unspecified atom stereocenters. The van der Waals surface area contributed by atoms with E-state index in [2.05, 4.69) is 24.3 Å². The number of amides is 1. The summed E-state index contributed by atoms with van der Waals surface area (Å²) < 4.78 is 1.77. The molecule has 1 atom stereocenters. The van der Waals surface area contributed by atoms with E-state index in [1.165, 1.54) is 0 Å². The lowest BCUT2D eigenvalue weighted by Crippen LogP contribution is -2.34. The van der Waals surface area contributed by atoms with E-state index in [1.54, 1.807) is 4.68 Å². The fraction of sp³-hybridized carbons (Fsp3) is 0.667. The van der Waals surface area contributed by atoms with Gasteiger partial charge in [-0.1, -0.05) is 13.8 Å². The molecule has 0 aliphatic rings. The summed E-state index contributed by atoms with van der Waals surface area (Å²) in [5.74, 6) is 0.497. The van der Waals surface area contributed by atoms with Crippen LogP contribution in [0.25, 0.3) is 0 Å². The largest absolute Gasteiger partial charge is 0.354 e. The lowest BCUT2D eigenvalue weighted by atomic mass is 10.2. The molecule has 0 bridgehead atoms. The van der Waals surface area contributed by atoms with Crippen molar-refractivity contribution in [3.05, 3.63) is 17.5 Å². The van der Waals surface area contributed by atoms with Crippen LogP contribution >= 0.6 is 0 Å². The van der Waals surface area contributed by atoms with Crippen LogP contribution in [0.15, 0.2) is 6.07 Å². The first kappa shape index (κ1) is 12.7. The minimum absolute atomic E-state index is 0.0277. The average Bonchev–Trinajstić information content (AvgIpc) is 2.53. The maximum atomic E-state index is 11.8. The van der Waals surface area contributed by atoms with Gasteiger partial charge in [0.2, 0.25) is 5.91 Å². The number of aryl methyl sites for hydroxylation is 2. The highest BCUT2D eigenvalue weighted by molar-refractivity contribution is 5.79. The summed E-state index contributed by atoms with van der Waals surface area (Å²) >= 11 is 0. The van der Waals surface area contributed by atoms with Crippen LogP contribution in [-0.4, -0.2) is 22.2 Å². The Morgan fingerprint density at radius 2 is 2.06 bits per heavy atom. The summed E-state index contributed by atoms with van der Waals surface area (Å²) in [6.45, 7) is 10.6. The van der Waals surface area contributed by atoms with Crippen molar-refractivity contribution in [2.24, 2.45) is 5.92 Å². The molecule has 0 aliphatic carbocycles. The molecular formula is C12H21N3O. The van der Waals surface area contributed by atoms with E-state index >= 15 is 0 Å². The smallest absolute Gasteiger partial charge is 0.244 e. The van der Waals surface area contributed by atoms with Gasteiger partial charge in [0, 0.05) is 12.2 Å². The molecule has 90 valence electrons. The molecule has 1 rings (SSSR count). The normalized spacial score (nSPS) is 12.9. The van der Waals surface area contributed by atoms with Gasteiger partial charge < -0.3 is 5.32 Å². The zero-order valence-electron chi connectivity index (χ0n) is 10.7. The van der Waals surface area contributed by atoms with E-state index in [0.717, 1.165) is 11.4 Å². The Hall–Kier alpha value is -1.32. The molecule has 0 spiro atoms. The van der Waals surface area contributed by atoms with Crippen LogP contribution in [0.3, 0.4) is 0 Å². The maximum Gasteiger partial charge on any atom is 0.244 e. The Morgan fingerprint density at radius 3 is 2.50 bits per heavy atom. The van der Waals surface area contributed by atoms with Gasteiger partial charge in [-0.3, -0.25) is 9.48 Å². The van der Waals surface area contributed by atoms with Crippen LogP contribution in [-0.2, 0) is 4.79 Å². The Kier molecular flexibility index (Phi) is 4.10. The third-order valence-corrected chi connectivity index (χ3v) is 2.48. The molecule has 16 heavy (non-hydrogen) atoms. The second-order valence-corrected chi connectivity index (χ2v) is 4.69. The Labute approximate surface area is 97.0 Å². The van der Waals surface area contributed by atoms with Gasteiger partial charge in [-0.2, -0.15) is 5.10 Å². The molecule has 0 fully saturated rings. The lowest BCUT2D eigenvalue weighted by Gasteiger charge is -2.15. The third-order valence-electron chi connectivity index (χ3n) is 2.48. The summed E-state index contributed by atoms with van der Waals surface area (Å²) in [4.78, 5) is 11.8. The van der Waals surface area contributed by atoms with Crippen LogP contribution in [0.1, 0.15) is 38.2 Å². The Balaban J connectivity index is 2.67. The predicted molar refractivity (Wildman–Crippen MR) is 64.3 cm³/mol. The number of hydrogen-bond donors (Lipinski definition) is 1. The van der Waals surface area contributed by atoms with Crippen LogP contribution < -0.4 is 5.32 Å². The number of carbonyl (C=O) groups is 1. The van der Waals surface area contributed by atoms with Gasteiger partial charge in [-0.15, -0.1) is 0 Å². The van der Waals surface area contributed by atoms with Crippen LogP contribution in [0.2, 0.25) is 0 Å². The van der Waals surface area contributed by atoms with E-state index in [0.29, 0.717) is 12.5 Å². The first-order chi connectivity index (χ1) is 7.41. The zero-order valence-corrected chi connectivity index (χ0v) is 10.7. The van der Waals surface area contributed by atoms with E-state index in [-0.39, 0.29) is 11.9 Å². The van der Waals surface area contributed by atoms with Gasteiger partial charge in [-0.05, 0) is 32.8 Å². The molecule has 0 saturated carbocycles.